The lowest BCUT2D eigenvalue weighted by atomic mass is 9.96. The topological polar surface area (TPSA) is 86.7 Å². The van der Waals surface area contributed by atoms with E-state index in [1.807, 2.05) is 0 Å². The van der Waals surface area contributed by atoms with Crippen LogP contribution in [0.4, 0.5) is 5.82 Å². The Labute approximate surface area is 185 Å². The first-order valence-electron chi connectivity index (χ1n) is 10.0. The lowest BCUT2D eigenvalue weighted by molar-refractivity contribution is -0.137. The summed E-state index contributed by atoms with van der Waals surface area (Å²) in [6.07, 6.45) is 6.78. The van der Waals surface area contributed by atoms with Gasteiger partial charge in [-0.05, 0) is 37.1 Å². The largest absolute Gasteiger partial charge is 0.355 e. The van der Waals surface area contributed by atoms with E-state index in [-0.39, 0.29) is 16.7 Å². The van der Waals surface area contributed by atoms with Crippen molar-refractivity contribution in [2.75, 3.05) is 44.2 Å². The summed E-state index contributed by atoms with van der Waals surface area (Å²) in [4.78, 5) is 25.7. The molecule has 1 unspecified atom stereocenters. The summed E-state index contributed by atoms with van der Waals surface area (Å²) in [5.41, 5.74) is 0. The molecule has 8 nitrogen and oxygen atoms in total. The highest BCUT2D eigenvalue weighted by Gasteiger charge is 2.34. The zero-order valence-corrected chi connectivity index (χ0v) is 18.9. The van der Waals surface area contributed by atoms with E-state index in [2.05, 4.69) is 30.8 Å². The number of amides is 1. The second-order valence-electron chi connectivity index (χ2n) is 7.53. The minimum atomic E-state index is -3.55. The van der Waals surface area contributed by atoms with E-state index < -0.39 is 10.0 Å². The van der Waals surface area contributed by atoms with Gasteiger partial charge < -0.3 is 9.80 Å². The molecule has 1 atom stereocenters. The van der Waals surface area contributed by atoms with Crippen LogP contribution < -0.4 is 4.90 Å². The third kappa shape index (κ3) is 4.50. The number of piperidine rings is 1. The van der Waals surface area contributed by atoms with Crippen LogP contribution in [0.25, 0.3) is 0 Å². The predicted molar refractivity (Wildman–Crippen MR) is 116 cm³/mol. The van der Waals surface area contributed by atoms with Gasteiger partial charge in [-0.15, -0.1) is 0 Å². The van der Waals surface area contributed by atoms with Crippen LogP contribution >= 0.6 is 15.9 Å². The highest BCUT2D eigenvalue weighted by atomic mass is 79.9. The monoisotopic (exact) mass is 493 g/mol. The molecule has 0 bridgehead atoms. The van der Waals surface area contributed by atoms with Crippen LogP contribution in [0.1, 0.15) is 12.8 Å². The van der Waals surface area contributed by atoms with Gasteiger partial charge in [0, 0.05) is 56.1 Å². The minimum absolute atomic E-state index is 0.101. The van der Waals surface area contributed by atoms with E-state index in [4.69, 9.17) is 0 Å². The summed E-state index contributed by atoms with van der Waals surface area (Å²) in [7, 11) is -3.55. The molecule has 30 heavy (non-hydrogen) atoms. The number of halogens is 1. The summed E-state index contributed by atoms with van der Waals surface area (Å²) in [6, 6.07) is 6.64. The van der Waals surface area contributed by atoms with E-state index in [1.54, 1.807) is 47.8 Å². The molecule has 2 aliphatic rings. The van der Waals surface area contributed by atoms with Gasteiger partial charge in [0.1, 0.15) is 5.82 Å². The summed E-state index contributed by atoms with van der Waals surface area (Å²) >= 11 is 3.33. The van der Waals surface area contributed by atoms with E-state index in [9.17, 15) is 13.2 Å². The van der Waals surface area contributed by atoms with Crippen molar-refractivity contribution in [2.24, 2.45) is 5.92 Å². The van der Waals surface area contributed by atoms with Crippen LogP contribution in [-0.2, 0) is 14.8 Å². The Hall–Kier alpha value is -2.04. The van der Waals surface area contributed by atoms with Crippen molar-refractivity contribution in [3.63, 3.8) is 0 Å². The van der Waals surface area contributed by atoms with Crippen molar-refractivity contribution < 1.29 is 13.2 Å². The van der Waals surface area contributed by atoms with Crippen LogP contribution in [0.15, 0.2) is 52.2 Å². The number of carbonyl (C=O) groups excluding carboxylic acids is 1. The number of carbonyl (C=O) groups is 1. The standard InChI is InChI=1S/C20H24BrN5O3S/c21-17-3-5-18(6-4-17)30(28,29)26-12-10-24(11-13-26)20(27)16-2-1-9-25(15-16)19-14-22-7-8-23-19/h3-8,14,16H,1-2,9-13,15H2. The minimum Gasteiger partial charge on any atom is -0.355 e. The fourth-order valence-corrected chi connectivity index (χ4v) is 5.69. The van der Waals surface area contributed by atoms with Crippen molar-refractivity contribution in [1.82, 2.24) is 19.2 Å². The second-order valence-corrected chi connectivity index (χ2v) is 10.4. The molecular weight excluding hydrogens is 470 g/mol. The van der Waals surface area contributed by atoms with Crippen molar-refractivity contribution >= 4 is 37.7 Å². The second kappa shape index (κ2) is 8.99. The smallest absolute Gasteiger partial charge is 0.243 e. The molecule has 1 aromatic heterocycles. The Morgan fingerprint density at radius 3 is 2.43 bits per heavy atom. The Bertz CT molecular complexity index is 979. The Balaban J connectivity index is 1.36. The quantitative estimate of drug-likeness (QED) is 0.647. The number of anilines is 1. The summed E-state index contributed by atoms with van der Waals surface area (Å²) in [5.74, 6) is 0.792. The maximum Gasteiger partial charge on any atom is 0.243 e. The molecule has 2 aliphatic heterocycles. The lowest BCUT2D eigenvalue weighted by Crippen LogP contribution is -2.53. The van der Waals surface area contributed by atoms with Gasteiger partial charge in [-0.25, -0.2) is 13.4 Å². The molecule has 2 saturated heterocycles. The Morgan fingerprint density at radius 1 is 1.03 bits per heavy atom. The van der Waals surface area contributed by atoms with Gasteiger partial charge in [0.25, 0.3) is 0 Å². The average molecular weight is 494 g/mol. The van der Waals surface area contributed by atoms with Gasteiger partial charge >= 0.3 is 0 Å². The molecule has 0 aliphatic carbocycles. The normalized spacial score (nSPS) is 20.9. The third-order valence-corrected chi connectivity index (χ3v) is 8.09. The number of rotatable bonds is 4. The van der Waals surface area contributed by atoms with Gasteiger partial charge in [-0.1, -0.05) is 15.9 Å². The Morgan fingerprint density at radius 2 is 1.77 bits per heavy atom. The molecular formula is C20H24BrN5O3S. The van der Waals surface area contributed by atoms with Gasteiger partial charge in [-0.2, -0.15) is 4.31 Å². The number of nitrogens with zero attached hydrogens (tertiary/aromatic N) is 5. The number of hydrogen-bond donors (Lipinski definition) is 0. The first-order chi connectivity index (χ1) is 14.4. The Kier molecular flexibility index (Phi) is 6.35. The highest BCUT2D eigenvalue weighted by molar-refractivity contribution is 9.10. The molecule has 1 amide bonds. The van der Waals surface area contributed by atoms with Crippen LogP contribution in [0, 0.1) is 5.92 Å². The van der Waals surface area contributed by atoms with Crippen molar-refractivity contribution in [2.45, 2.75) is 17.7 Å². The SMILES string of the molecule is O=C(C1CCCN(c2cnccn2)C1)N1CCN(S(=O)(=O)c2ccc(Br)cc2)CC1. The molecule has 2 aromatic rings. The molecule has 0 N–H and O–H groups in total. The number of aromatic nitrogens is 2. The average Bonchev–Trinajstić information content (AvgIpc) is 2.79. The van der Waals surface area contributed by atoms with Crippen LogP contribution in [-0.4, -0.2) is 72.8 Å². The zero-order chi connectivity index (χ0) is 21.1. The summed E-state index contributed by atoms with van der Waals surface area (Å²) < 4.78 is 28.0. The van der Waals surface area contributed by atoms with Gasteiger partial charge in [-0.3, -0.25) is 9.78 Å². The maximum absolute atomic E-state index is 13.1. The fourth-order valence-electron chi connectivity index (χ4n) is 4.00. The van der Waals surface area contributed by atoms with Crippen molar-refractivity contribution in [1.29, 1.82) is 0 Å². The number of benzene rings is 1. The number of hydrogen-bond acceptors (Lipinski definition) is 6. The van der Waals surface area contributed by atoms with Crippen molar-refractivity contribution in [3.8, 4) is 0 Å². The molecule has 1 aromatic carbocycles. The van der Waals surface area contributed by atoms with E-state index in [1.165, 1.54) is 4.31 Å². The number of piperazine rings is 1. The first-order valence-corrected chi connectivity index (χ1v) is 12.2. The van der Waals surface area contributed by atoms with E-state index in [0.717, 1.165) is 29.7 Å². The first kappa shape index (κ1) is 21.2. The molecule has 2 fully saturated rings. The van der Waals surface area contributed by atoms with Crippen LogP contribution in [0.5, 0.6) is 0 Å². The van der Waals surface area contributed by atoms with Gasteiger partial charge in [0.2, 0.25) is 15.9 Å². The lowest BCUT2D eigenvalue weighted by Gasteiger charge is -2.38. The molecule has 0 saturated carbocycles. The van der Waals surface area contributed by atoms with Gasteiger partial charge in [0.05, 0.1) is 17.0 Å². The summed E-state index contributed by atoms with van der Waals surface area (Å²) in [5, 5.41) is 0. The molecule has 160 valence electrons. The van der Waals surface area contributed by atoms with E-state index >= 15 is 0 Å². The molecule has 4 rings (SSSR count). The highest BCUT2D eigenvalue weighted by Crippen LogP contribution is 2.24. The predicted octanol–water partition coefficient (Wildman–Crippen LogP) is 1.99. The molecule has 0 spiro atoms. The maximum atomic E-state index is 13.1. The molecule has 10 heteroatoms. The zero-order valence-electron chi connectivity index (χ0n) is 16.5. The third-order valence-electron chi connectivity index (χ3n) is 5.65. The van der Waals surface area contributed by atoms with Crippen LogP contribution in [0.2, 0.25) is 0 Å². The van der Waals surface area contributed by atoms with Crippen LogP contribution in [0.3, 0.4) is 0 Å². The number of sulfonamides is 1. The van der Waals surface area contributed by atoms with Crippen molar-refractivity contribution in [3.05, 3.63) is 47.3 Å². The van der Waals surface area contributed by atoms with Gasteiger partial charge in [0.15, 0.2) is 0 Å². The summed E-state index contributed by atoms with van der Waals surface area (Å²) in [6.45, 7) is 2.93. The fraction of sp³-hybridized carbons (Fsp3) is 0.450. The van der Waals surface area contributed by atoms with E-state index in [0.29, 0.717) is 32.7 Å². The molecule has 0 radical (unpaired) electrons. The molecule has 3 heterocycles.